The first kappa shape index (κ1) is 15.5. The van der Waals surface area contributed by atoms with E-state index in [9.17, 15) is 14.4 Å². The van der Waals surface area contributed by atoms with Crippen molar-refractivity contribution in [3.05, 3.63) is 23.3 Å². The van der Waals surface area contributed by atoms with Gasteiger partial charge in [-0.25, -0.2) is 14.4 Å². The second-order valence-electron chi connectivity index (χ2n) is 5.04. The predicted octanol–water partition coefficient (Wildman–Crippen LogP) is 2.71. The molecule has 0 aliphatic heterocycles. The fraction of sp³-hybridized carbons (Fsp3) is 0.357. The minimum Gasteiger partial charge on any atom is -0.465 e. The highest BCUT2D eigenvalue weighted by Gasteiger charge is 2.24. The predicted molar refractivity (Wildman–Crippen MR) is 72.0 cm³/mol. The molecule has 0 saturated heterocycles. The van der Waals surface area contributed by atoms with Crippen LogP contribution in [0.15, 0.2) is 22.1 Å². The molecule has 0 N–H and O–H groups in total. The quantitative estimate of drug-likeness (QED) is 0.482. The largest absolute Gasteiger partial charge is 0.465 e. The number of benzene rings is 1. The molecule has 0 bridgehead atoms. The standard InChI is InChI=1S/C14H14N2O4/c1-14(2,3)12-10(15-7-17)5-9(13(19)20-4)6-11(12)16-8-18/h5-6H,1-4H3. The Kier molecular flexibility index (Phi) is 4.70. The van der Waals surface area contributed by atoms with Crippen LogP contribution in [0.25, 0.3) is 0 Å². The zero-order valence-electron chi connectivity index (χ0n) is 11.7. The van der Waals surface area contributed by atoms with Crippen LogP contribution >= 0.6 is 0 Å². The van der Waals surface area contributed by atoms with Gasteiger partial charge in [-0.1, -0.05) is 20.8 Å². The smallest absolute Gasteiger partial charge is 0.338 e. The third-order valence-electron chi connectivity index (χ3n) is 2.60. The highest BCUT2D eigenvalue weighted by molar-refractivity contribution is 5.92. The van der Waals surface area contributed by atoms with Crippen molar-refractivity contribution in [3.8, 4) is 0 Å². The summed E-state index contributed by atoms with van der Waals surface area (Å²) in [4.78, 5) is 39.9. The van der Waals surface area contributed by atoms with Crippen LogP contribution < -0.4 is 0 Å². The Hall–Kier alpha value is -2.55. The monoisotopic (exact) mass is 274 g/mol. The summed E-state index contributed by atoms with van der Waals surface area (Å²) >= 11 is 0. The summed E-state index contributed by atoms with van der Waals surface area (Å²) in [7, 11) is 1.23. The molecule has 0 fully saturated rings. The number of methoxy groups -OCH3 is 1. The summed E-state index contributed by atoms with van der Waals surface area (Å²) in [5.41, 5.74) is 0.703. The Balaban J connectivity index is 3.76. The van der Waals surface area contributed by atoms with Crippen molar-refractivity contribution in [2.24, 2.45) is 9.98 Å². The fourth-order valence-electron chi connectivity index (χ4n) is 1.89. The van der Waals surface area contributed by atoms with Crippen LogP contribution in [0.4, 0.5) is 11.4 Å². The molecule has 6 heteroatoms. The van der Waals surface area contributed by atoms with E-state index in [2.05, 4.69) is 14.7 Å². The molecular formula is C14H14N2O4. The van der Waals surface area contributed by atoms with Gasteiger partial charge in [0.15, 0.2) is 0 Å². The number of hydrogen-bond acceptors (Lipinski definition) is 6. The number of hydrogen-bond donors (Lipinski definition) is 0. The normalized spacial score (nSPS) is 10.2. The van der Waals surface area contributed by atoms with Crippen molar-refractivity contribution in [2.45, 2.75) is 26.2 Å². The number of rotatable bonds is 3. The molecule has 0 aliphatic carbocycles. The summed E-state index contributed by atoms with van der Waals surface area (Å²) in [6.45, 7) is 5.61. The van der Waals surface area contributed by atoms with E-state index >= 15 is 0 Å². The first-order valence-corrected chi connectivity index (χ1v) is 5.77. The Bertz CT molecular complexity index is 592. The molecule has 0 saturated carbocycles. The van der Waals surface area contributed by atoms with Crippen LogP contribution in [0, 0.1) is 0 Å². The van der Waals surface area contributed by atoms with Gasteiger partial charge in [-0.15, -0.1) is 0 Å². The minimum absolute atomic E-state index is 0.142. The van der Waals surface area contributed by atoms with Crippen LogP contribution in [0.1, 0.15) is 36.7 Å². The number of ether oxygens (including phenoxy) is 1. The van der Waals surface area contributed by atoms with Crippen molar-refractivity contribution < 1.29 is 19.1 Å². The summed E-state index contributed by atoms with van der Waals surface area (Å²) < 4.78 is 4.61. The molecule has 1 aromatic rings. The summed E-state index contributed by atoms with van der Waals surface area (Å²) in [6.07, 6.45) is 2.87. The molecule has 0 amide bonds. The molecule has 0 aromatic heterocycles. The molecule has 20 heavy (non-hydrogen) atoms. The molecule has 0 spiro atoms. The van der Waals surface area contributed by atoms with Crippen molar-refractivity contribution >= 4 is 29.5 Å². The Morgan fingerprint density at radius 2 is 1.55 bits per heavy atom. The molecule has 0 unspecified atom stereocenters. The van der Waals surface area contributed by atoms with Gasteiger partial charge in [-0.05, 0) is 17.5 Å². The number of isocyanates is 2. The lowest BCUT2D eigenvalue weighted by molar-refractivity contribution is 0.0600. The van der Waals surface area contributed by atoms with Crippen LogP contribution in [-0.2, 0) is 19.7 Å². The molecule has 1 aromatic carbocycles. The third kappa shape index (κ3) is 3.26. The fourth-order valence-corrected chi connectivity index (χ4v) is 1.89. The summed E-state index contributed by atoms with van der Waals surface area (Å²) in [6, 6.07) is 2.81. The maximum Gasteiger partial charge on any atom is 0.338 e. The van der Waals surface area contributed by atoms with E-state index < -0.39 is 11.4 Å². The van der Waals surface area contributed by atoms with Gasteiger partial charge >= 0.3 is 5.97 Å². The van der Waals surface area contributed by atoms with Crippen molar-refractivity contribution in [1.82, 2.24) is 0 Å². The van der Waals surface area contributed by atoms with E-state index in [0.717, 1.165) is 0 Å². The highest BCUT2D eigenvalue weighted by atomic mass is 16.5. The topological polar surface area (TPSA) is 85.2 Å². The molecular weight excluding hydrogens is 260 g/mol. The first-order valence-electron chi connectivity index (χ1n) is 5.77. The number of carbonyl (C=O) groups is 1. The molecule has 0 radical (unpaired) electrons. The van der Waals surface area contributed by atoms with Crippen LogP contribution in [0.3, 0.4) is 0 Å². The number of carbonyl (C=O) groups excluding carboxylic acids is 3. The number of aliphatic imine (C=N–C) groups is 2. The van der Waals surface area contributed by atoms with Gasteiger partial charge in [-0.2, -0.15) is 9.98 Å². The lowest BCUT2D eigenvalue weighted by Gasteiger charge is -2.22. The van der Waals surface area contributed by atoms with Crippen molar-refractivity contribution in [2.75, 3.05) is 7.11 Å². The van der Waals surface area contributed by atoms with E-state index in [1.807, 2.05) is 20.8 Å². The molecule has 0 aliphatic rings. The second-order valence-corrected chi connectivity index (χ2v) is 5.04. The van der Waals surface area contributed by atoms with Gasteiger partial charge in [0.05, 0.1) is 24.0 Å². The third-order valence-corrected chi connectivity index (χ3v) is 2.60. The van der Waals surface area contributed by atoms with E-state index in [4.69, 9.17) is 0 Å². The van der Waals surface area contributed by atoms with Crippen LogP contribution in [-0.4, -0.2) is 25.2 Å². The van der Waals surface area contributed by atoms with Gasteiger partial charge in [0.25, 0.3) is 0 Å². The second kappa shape index (κ2) is 6.06. The lowest BCUT2D eigenvalue weighted by Crippen LogP contribution is -2.13. The summed E-state index contributed by atoms with van der Waals surface area (Å²) in [5.74, 6) is -0.616. The van der Waals surface area contributed by atoms with E-state index in [1.165, 1.54) is 31.4 Å². The summed E-state index contributed by atoms with van der Waals surface area (Å²) in [5, 5.41) is 0. The molecule has 104 valence electrons. The SMILES string of the molecule is COC(=O)c1cc(N=C=O)c(C(C)(C)C)c(N=C=O)c1. The van der Waals surface area contributed by atoms with Gasteiger partial charge in [-0.3, -0.25) is 0 Å². The molecule has 0 heterocycles. The number of esters is 1. The van der Waals surface area contributed by atoms with E-state index in [1.54, 1.807) is 0 Å². The Morgan fingerprint density at radius 3 is 1.85 bits per heavy atom. The average Bonchev–Trinajstić information content (AvgIpc) is 2.36. The minimum atomic E-state index is -0.616. The van der Waals surface area contributed by atoms with Crippen LogP contribution in [0.2, 0.25) is 0 Å². The molecule has 0 atom stereocenters. The first-order chi connectivity index (χ1) is 9.35. The Morgan fingerprint density at radius 1 is 1.10 bits per heavy atom. The van der Waals surface area contributed by atoms with Crippen molar-refractivity contribution in [1.29, 1.82) is 0 Å². The van der Waals surface area contributed by atoms with E-state index in [-0.39, 0.29) is 16.9 Å². The van der Waals surface area contributed by atoms with Gasteiger partial charge in [0.1, 0.15) is 0 Å². The van der Waals surface area contributed by atoms with Gasteiger partial charge < -0.3 is 4.74 Å². The van der Waals surface area contributed by atoms with Crippen molar-refractivity contribution in [3.63, 3.8) is 0 Å². The zero-order chi connectivity index (χ0) is 15.3. The maximum atomic E-state index is 11.6. The molecule has 6 nitrogen and oxygen atoms in total. The van der Waals surface area contributed by atoms with Crippen LogP contribution in [0.5, 0.6) is 0 Å². The highest BCUT2D eigenvalue weighted by Crippen LogP contribution is 2.40. The number of nitrogens with zero attached hydrogens (tertiary/aromatic N) is 2. The van der Waals surface area contributed by atoms with E-state index in [0.29, 0.717) is 5.56 Å². The average molecular weight is 274 g/mol. The Labute approximate surface area is 116 Å². The lowest BCUT2D eigenvalue weighted by atomic mass is 9.84. The van der Waals surface area contributed by atoms with Gasteiger partial charge in [0.2, 0.25) is 12.2 Å². The molecule has 1 rings (SSSR count). The van der Waals surface area contributed by atoms with Gasteiger partial charge in [0, 0.05) is 5.56 Å². The maximum absolute atomic E-state index is 11.6. The zero-order valence-corrected chi connectivity index (χ0v) is 11.7.